The summed E-state index contributed by atoms with van der Waals surface area (Å²) in [7, 11) is 1.75. The van der Waals surface area contributed by atoms with Crippen molar-refractivity contribution in [1.82, 2.24) is 4.90 Å². The van der Waals surface area contributed by atoms with Gasteiger partial charge in [0.2, 0.25) is 0 Å². The van der Waals surface area contributed by atoms with E-state index in [4.69, 9.17) is 21.1 Å². The van der Waals surface area contributed by atoms with Crippen molar-refractivity contribution in [3.63, 3.8) is 0 Å². The van der Waals surface area contributed by atoms with Crippen LogP contribution in [0.1, 0.15) is 17.3 Å². The molecule has 5 heteroatoms. The molecule has 0 bridgehead atoms. The van der Waals surface area contributed by atoms with Crippen molar-refractivity contribution in [3.8, 4) is 11.5 Å². The minimum atomic E-state index is -0.0891. The summed E-state index contributed by atoms with van der Waals surface area (Å²) < 4.78 is 11.1. The van der Waals surface area contributed by atoms with Crippen molar-refractivity contribution < 1.29 is 14.3 Å². The minimum Gasteiger partial charge on any atom is -0.493 e. The molecule has 0 N–H and O–H groups in total. The first kappa shape index (κ1) is 17.2. The Morgan fingerprint density at radius 2 is 1.78 bits per heavy atom. The Labute approximate surface area is 141 Å². The zero-order chi connectivity index (χ0) is 16.7. The van der Waals surface area contributed by atoms with Crippen LogP contribution in [0.3, 0.4) is 0 Å². The molecule has 2 rings (SSSR count). The molecule has 4 nitrogen and oxygen atoms in total. The van der Waals surface area contributed by atoms with Crippen molar-refractivity contribution in [2.24, 2.45) is 0 Å². The number of carbonyl (C=O) groups excluding carboxylic acids is 1. The number of likely N-dealkylation sites (N-methyl/N-ethyl adjacent to an activating group) is 1. The maximum atomic E-state index is 12.5. The van der Waals surface area contributed by atoms with Gasteiger partial charge in [-0.15, -0.1) is 0 Å². The molecule has 2 aromatic carbocycles. The van der Waals surface area contributed by atoms with Gasteiger partial charge in [-0.2, -0.15) is 0 Å². The van der Waals surface area contributed by atoms with Crippen molar-refractivity contribution in [2.75, 3.05) is 26.8 Å². The summed E-state index contributed by atoms with van der Waals surface area (Å²) in [5.74, 6) is 1.24. The van der Waals surface area contributed by atoms with Crippen LogP contribution in [0.4, 0.5) is 0 Å². The molecular weight excluding hydrogens is 314 g/mol. The van der Waals surface area contributed by atoms with Gasteiger partial charge < -0.3 is 14.4 Å². The van der Waals surface area contributed by atoms with Crippen LogP contribution in [0.15, 0.2) is 48.5 Å². The fourth-order valence-electron chi connectivity index (χ4n) is 2.06. The molecule has 2 aromatic rings. The molecule has 0 radical (unpaired) electrons. The molecule has 23 heavy (non-hydrogen) atoms. The monoisotopic (exact) mass is 333 g/mol. The fourth-order valence-corrected chi connectivity index (χ4v) is 2.19. The predicted molar refractivity (Wildman–Crippen MR) is 91.5 cm³/mol. The van der Waals surface area contributed by atoms with Crippen LogP contribution in [-0.4, -0.2) is 37.6 Å². The van der Waals surface area contributed by atoms with E-state index in [-0.39, 0.29) is 5.91 Å². The third-order valence-electron chi connectivity index (χ3n) is 3.27. The Kier molecular flexibility index (Phi) is 6.29. The van der Waals surface area contributed by atoms with Gasteiger partial charge in [-0.1, -0.05) is 23.7 Å². The number of carbonyl (C=O) groups is 1. The average Bonchev–Trinajstić information content (AvgIpc) is 2.57. The number of rotatable bonds is 7. The molecule has 0 fully saturated rings. The van der Waals surface area contributed by atoms with Gasteiger partial charge in [0.25, 0.3) is 5.91 Å². The van der Waals surface area contributed by atoms with E-state index in [1.165, 1.54) is 0 Å². The molecule has 0 saturated carbocycles. The molecule has 0 atom stereocenters. The van der Waals surface area contributed by atoms with Gasteiger partial charge in [0.05, 0.1) is 18.7 Å². The van der Waals surface area contributed by atoms with Crippen LogP contribution in [-0.2, 0) is 0 Å². The second-order valence-corrected chi connectivity index (χ2v) is 5.39. The summed E-state index contributed by atoms with van der Waals surface area (Å²) in [4.78, 5) is 14.1. The number of hydrogen-bond donors (Lipinski definition) is 0. The van der Waals surface area contributed by atoms with Gasteiger partial charge in [0, 0.05) is 12.1 Å². The number of para-hydroxylation sites is 1. The molecule has 1 amide bonds. The Hall–Kier alpha value is -2.20. The first-order valence-corrected chi connectivity index (χ1v) is 7.85. The molecule has 0 spiro atoms. The smallest absolute Gasteiger partial charge is 0.257 e. The summed E-state index contributed by atoms with van der Waals surface area (Å²) >= 11 is 5.83. The van der Waals surface area contributed by atoms with Gasteiger partial charge in [0.15, 0.2) is 0 Å². The second-order valence-electron chi connectivity index (χ2n) is 4.96. The number of halogens is 1. The third-order valence-corrected chi connectivity index (χ3v) is 3.53. The molecular formula is C18H20ClNO3. The van der Waals surface area contributed by atoms with Crippen molar-refractivity contribution in [2.45, 2.75) is 6.92 Å². The molecule has 0 saturated heterocycles. The highest BCUT2D eigenvalue weighted by atomic mass is 35.5. The molecule has 0 aliphatic heterocycles. The van der Waals surface area contributed by atoms with Crippen molar-refractivity contribution in [3.05, 3.63) is 59.1 Å². The van der Waals surface area contributed by atoms with Gasteiger partial charge in [-0.05, 0) is 43.3 Å². The third kappa shape index (κ3) is 4.89. The van der Waals surface area contributed by atoms with Gasteiger partial charge in [-0.25, -0.2) is 0 Å². The average molecular weight is 334 g/mol. The van der Waals surface area contributed by atoms with Crippen LogP contribution in [0.2, 0.25) is 5.02 Å². The number of nitrogens with zero attached hydrogens (tertiary/aromatic N) is 1. The van der Waals surface area contributed by atoms with E-state index in [1.54, 1.807) is 48.3 Å². The largest absolute Gasteiger partial charge is 0.493 e. The number of ether oxygens (including phenoxy) is 2. The predicted octanol–water partition coefficient (Wildman–Crippen LogP) is 3.89. The van der Waals surface area contributed by atoms with Crippen LogP contribution < -0.4 is 9.47 Å². The molecule has 0 aliphatic rings. The maximum Gasteiger partial charge on any atom is 0.257 e. The first-order chi connectivity index (χ1) is 11.1. The molecule has 0 aromatic heterocycles. The standard InChI is InChI=1S/C18H20ClNO3/c1-3-22-17-7-5-4-6-16(17)18(21)20(2)12-13-23-15-10-8-14(19)9-11-15/h4-11H,3,12-13H2,1-2H3. The van der Waals surface area contributed by atoms with Gasteiger partial charge in [0.1, 0.15) is 18.1 Å². The molecule has 0 unspecified atom stereocenters. The van der Waals surface area contributed by atoms with Crippen molar-refractivity contribution >= 4 is 17.5 Å². The lowest BCUT2D eigenvalue weighted by molar-refractivity contribution is 0.0769. The number of benzene rings is 2. The quantitative estimate of drug-likeness (QED) is 0.771. The van der Waals surface area contributed by atoms with E-state index in [1.807, 2.05) is 19.1 Å². The summed E-state index contributed by atoms with van der Waals surface area (Å²) in [5, 5.41) is 0.664. The zero-order valence-corrected chi connectivity index (χ0v) is 14.0. The number of hydrogen-bond acceptors (Lipinski definition) is 3. The lowest BCUT2D eigenvalue weighted by Crippen LogP contribution is -2.31. The Bertz CT molecular complexity index is 643. The zero-order valence-electron chi connectivity index (χ0n) is 13.3. The maximum absolute atomic E-state index is 12.5. The summed E-state index contributed by atoms with van der Waals surface area (Å²) in [6.07, 6.45) is 0. The highest BCUT2D eigenvalue weighted by Gasteiger charge is 2.16. The highest BCUT2D eigenvalue weighted by Crippen LogP contribution is 2.19. The van der Waals surface area contributed by atoms with E-state index < -0.39 is 0 Å². The highest BCUT2D eigenvalue weighted by molar-refractivity contribution is 6.30. The number of amides is 1. The van der Waals surface area contributed by atoms with E-state index in [2.05, 4.69) is 0 Å². The summed E-state index contributed by atoms with van der Waals surface area (Å²) in [5.41, 5.74) is 0.559. The van der Waals surface area contributed by atoms with Crippen LogP contribution in [0, 0.1) is 0 Å². The van der Waals surface area contributed by atoms with E-state index >= 15 is 0 Å². The van der Waals surface area contributed by atoms with E-state index in [0.717, 1.165) is 5.75 Å². The molecule has 0 aliphatic carbocycles. The van der Waals surface area contributed by atoms with Gasteiger partial charge in [-0.3, -0.25) is 4.79 Å². The molecule has 0 heterocycles. The minimum absolute atomic E-state index is 0.0891. The fraction of sp³-hybridized carbons (Fsp3) is 0.278. The summed E-state index contributed by atoms with van der Waals surface area (Å²) in [6.45, 7) is 3.29. The Morgan fingerprint density at radius 3 is 2.48 bits per heavy atom. The lowest BCUT2D eigenvalue weighted by Gasteiger charge is -2.19. The Morgan fingerprint density at radius 1 is 1.09 bits per heavy atom. The van der Waals surface area contributed by atoms with Crippen LogP contribution in [0.5, 0.6) is 11.5 Å². The Balaban J connectivity index is 1.91. The topological polar surface area (TPSA) is 38.8 Å². The first-order valence-electron chi connectivity index (χ1n) is 7.47. The van der Waals surface area contributed by atoms with E-state index in [9.17, 15) is 4.79 Å². The second kappa shape index (κ2) is 8.44. The summed E-state index contributed by atoms with van der Waals surface area (Å²) in [6, 6.07) is 14.4. The van der Waals surface area contributed by atoms with Gasteiger partial charge >= 0.3 is 0 Å². The van der Waals surface area contributed by atoms with Crippen molar-refractivity contribution in [1.29, 1.82) is 0 Å². The normalized spacial score (nSPS) is 10.2. The van der Waals surface area contributed by atoms with Crippen LogP contribution in [0.25, 0.3) is 0 Å². The lowest BCUT2D eigenvalue weighted by atomic mass is 10.2. The SMILES string of the molecule is CCOc1ccccc1C(=O)N(C)CCOc1ccc(Cl)cc1. The molecule has 122 valence electrons. The van der Waals surface area contributed by atoms with Crippen LogP contribution >= 0.6 is 11.6 Å². The van der Waals surface area contributed by atoms with E-state index in [0.29, 0.717) is 36.1 Å².